The summed E-state index contributed by atoms with van der Waals surface area (Å²) in [5.74, 6) is 0.0163. The molecule has 1 aliphatic heterocycles. The summed E-state index contributed by atoms with van der Waals surface area (Å²) in [7, 11) is -3.87. The second-order valence-electron chi connectivity index (χ2n) is 7.49. The number of piperidine rings is 1. The number of halogens is 4. The third-order valence-electron chi connectivity index (χ3n) is 5.21. The van der Waals surface area contributed by atoms with Crippen molar-refractivity contribution < 1.29 is 31.4 Å². The summed E-state index contributed by atoms with van der Waals surface area (Å²) in [6.07, 6.45) is -3.03. The molecule has 4 rings (SSSR count). The molecule has 0 bridgehead atoms. The fraction of sp³-hybridized carbons (Fsp3) is 0.286. The number of sulfonamides is 1. The SMILES string of the molecule is O=S(=O)(c1cc(-c2nc(-c3ccc(OC(F)(F)F)cc3)c[nH]2)ccc1Cl)N1CCC(O)CC1. The smallest absolute Gasteiger partial charge is 0.406 e. The summed E-state index contributed by atoms with van der Waals surface area (Å²) >= 11 is 6.20. The quantitative estimate of drug-likeness (QED) is 0.539. The number of aromatic amines is 1. The summed E-state index contributed by atoms with van der Waals surface area (Å²) in [5.41, 5.74) is 1.46. The Kier molecular flexibility index (Phi) is 6.41. The van der Waals surface area contributed by atoms with Gasteiger partial charge in [-0.2, -0.15) is 4.31 Å². The van der Waals surface area contributed by atoms with Crippen molar-refractivity contribution in [1.29, 1.82) is 0 Å². The molecule has 0 saturated carbocycles. The normalized spacial score (nSPS) is 16.2. The van der Waals surface area contributed by atoms with Gasteiger partial charge in [-0.05, 0) is 55.3 Å². The number of nitrogens with one attached hydrogen (secondary N) is 1. The van der Waals surface area contributed by atoms with Gasteiger partial charge in [-0.1, -0.05) is 11.6 Å². The van der Waals surface area contributed by atoms with Gasteiger partial charge in [-0.3, -0.25) is 0 Å². The van der Waals surface area contributed by atoms with E-state index in [0.29, 0.717) is 35.5 Å². The lowest BCUT2D eigenvalue weighted by atomic mass is 10.1. The van der Waals surface area contributed by atoms with Crippen molar-refractivity contribution >= 4 is 21.6 Å². The van der Waals surface area contributed by atoms with Crippen LogP contribution in [-0.4, -0.2) is 53.4 Å². The molecule has 1 aromatic heterocycles. The molecule has 2 heterocycles. The monoisotopic (exact) mass is 501 g/mol. The van der Waals surface area contributed by atoms with Crippen molar-refractivity contribution in [3.63, 3.8) is 0 Å². The summed E-state index contributed by atoms with van der Waals surface area (Å²) in [4.78, 5) is 7.31. The van der Waals surface area contributed by atoms with Crippen molar-refractivity contribution in [3.05, 3.63) is 53.7 Å². The van der Waals surface area contributed by atoms with Crippen LogP contribution in [0.3, 0.4) is 0 Å². The van der Waals surface area contributed by atoms with Gasteiger partial charge < -0.3 is 14.8 Å². The van der Waals surface area contributed by atoms with Gasteiger partial charge in [0.15, 0.2) is 0 Å². The second-order valence-corrected chi connectivity index (χ2v) is 9.80. The van der Waals surface area contributed by atoms with Crippen LogP contribution in [0.5, 0.6) is 5.75 Å². The minimum atomic E-state index is -4.78. The van der Waals surface area contributed by atoms with Crippen LogP contribution < -0.4 is 4.74 Å². The van der Waals surface area contributed by atoms with Crippen molar-refractivity contribution in [2.45, 2.75) is 30.2 Å². The minimum Gasteiger partial charge on any atom is -0.406 e. The maximum atomic E-state index is 13.1. The Bertz CT molecular complexity index is 1240. The summed E-state index contributed by atoms with van der Waals surface area (Å²) < 4.78 is 68.3. The number of nitrogens with zero attached hydrogens (tertiary/aromatic N) is 2. The zero-order valence-corrected chi connectivity index (χ0v) is 18.6. The third kappa shape index (κ3) is 5.32. The highest BCUT2D eigenvalue weighted by Gasteiger charge is 2.32. The number of ether oxygens (including phenoxy) is 1. The number of hydrogen-bond donors (Lipinski definition) is 2. The number of aromatic nitrogens is 2. The molecule has 0 spiro atoms. The summed E-state index contributed by atoms with van der Waals surface area (Å²) in [5, 5.41) is 9.72. The average Bonchev–Trinajstić information content (AvgIpc) is 3.24. The molecule has 0 amide bonds. The highest BCUT2D eigenvalue weighted by atomic mass is 35.5. The van der Waals surface area contributed by atoms with Crippen molar-refractivity contribution in [1.82, 2.24) is 14.3 Å². The van der Waals surface area contributed by atoms with Crippen LogP contribution >= 0.6 is 11.6 Å². The van der Waals surface area contributed by atoms with E-state index in [-0.39, 0.29) is 28.8 Å². The first-order valence-electron chi connectivity index (χ1n) is 9.93. The lowest BCUT2D eigenvalue weighted by Crippen LogP contribution is -2.40. The number of hydrogen-bond acceptors (Lipinski definition) is 5. The molecule has 12 heteroatoms. The van der Waals surface area contributed by atoms with Gasteiger partial charge in [-0.15, -0.1) is 13.2 Å². The van der Waals surface area contributed by atoms with Crippen LogP contribution in [0.2, 0.25) is 5.02 Å². The van der Waals surface area contributed by atoms with E-state index in [2.05, 4.69) is 14.7 Å². The Morgan fingerprint density at radius 3 is 2.36 bits per heavy atom. The maximum Gasteiger partial charge on any atom is 0.573 e. The van der Waals surface area contributed by atoms with Crippen molar-refractivity contribution in [2.75, 3.05) is 13.1 Å². The molecule has 1 aliphatic rings. The van der Waals surface area contributed by atoms with E-state index in [1.54, 1.807) is 12.3 Å². The van der Waals surface area contributed by atoms with E-state index in [1.165, 1.54) is 40.7 Å². The Morgan fingerprint density at radius 1 is 1.09 bits per heavy atom. The van der Waals surface area contributed by atoms with Gasteiger partial charge in [0.2, 0.25) is 10.0 Å². The predicted molar refractivity (Wildman–Crippen MR) is 115 cm³/mol. The Labute approximate surface area is 192 Å². The molecule has 0 unspecified atom stereocenters. The largest absolute Gasteiger partial charge is 0.573 e. The molecule has 2 N–H and O–H groups in total. The molecule has 33 heavy (non-hydrogen) atoms. The Hall–Kier alpha value is -2.60. The molecule has 0 aliphatic carbocycles. The average molecular weight is 502 g/mol. The molecule has 0 atom stereocenters. The number of H-pyrrole nitrogens is 1. The number of imidazole rings is 1. The van der Waals surface area contributed by atoms with E-state index in [1.807, 2.05) is 0 Å². The molecule has 2 aromatic carbocycles. The number of alkyl halides is 3. The standard InChI is InChI=1S/C21H19ClF3N3O4S/c22-17-6-3-14(11-19(17)33(30,31)28-9-7-15(29)8-10-28)20-26-12-18(27-20)13-1-4-16(5-2-13)32-21(23,24)25/h1-6,11-12,15,29H,7-10H2,(H,26,27). The highest BCUT2D eigenvalue weighted by Crippen LogP contribution is 2.32. The van der Waals surface area contributed by atoms with Gasteiger partial charge in [0.25, 0.3) is 0 Å². The zero-order valence-electron chi connectivity index (χ0n) is 17.0. The van der Waals surface area contributed by atoms with Crippen LogP contribution in [0.4, 0.5) is 13.2 Å². The molecule has 0 radical (unpaired) electrons. The Morgan fingerprint density at radius 2 is 1.73 bits per heavy atom. The van der Waals surface area contributed by atoms with Gasteiger partial charge >= 0.3 is 6.36 Å². The molecule has 3 aromatic rings. The first kappa shape index (κ1) is 23.6. The van der Waals surface area contributed by atoms with E-state index >= 15 is 0 Å². The van der Waals surface area contributed by atoms with E-state index < -0.39 is 22.5 Å². The first-order chi connectivity index (χ1) is 15.5. The molecule has 1 fully saturated rings. The van der Waals surface area contributed by atoms with E-state index in [9.17, 15) is 26.7 Å². The number of benzene rings is 2. The maximum absolute atomic E-state index is 13.1. The fourth-order valence-corrected chi connectivity index (χ4v) is 5.48. The fourth-order valence-electron chi connectivity index (χ4n) is 3.51. The first-order valence-corrected chi connectivity index (χ1v) is 11.7. The van der Waals surface area contributed by atoms with Crippen molar-refractivity contribution in [3.8, 4) is 28.4 Å². The molecular weight excluding hydrogens is 483 g/mol. The number of aliphatic hydroxyl groups excluding tert-OH is 1. The molecular formula is C21H19ClF3N3O4S. The number of rotatable bonds is 5. The van der Waals surface area contributed by atoms with Crippen molar-refractivity contribution in [2.24, 2.45) is 0 Å². The highest BCUT2D eigenvalue weighted by molar-refractivity contribution is 7.89. The van der Waals surface area contributed by atoms with Gasteiger partial charge in [-0.25, -0.2) is 13.4 Å². The van der Waals surface area contributed by atoms with Crippen LogP contribution in [0.25, 0.3) is 22.6 Å². The third-order valence-corrected chi connectivity index (χ3v) is 7.59. The van der Waals surface area contributed by atoms with Crippen LogP contribution in [-0.2, 0) is 10.0 Å². The van der Waals surface area contributed by atoms with E-state index in [4.69, 9.17) is 11.6 Å². The second kappa shape index (κ2) is 8.98. The van der Waals surface area contributed by atoms with E-state index in [0.717, 1.165) is 0 Å². The Balaban J connectivity index is 1.59. The zero-order chi connectivity index (χ0) is 23.8. The van der Waals surface area contributed by atoms with Gasteiger partial charge in [0.1, 0.15) is 16.5 Å². The van der Waals surface area contributed by atoms with Crippen LogP contribution in [0.1, 0.15) is 12.8 Å². The molecule has 1 saturated heterocycles. The number of aliphatic hydroxyl groups is 1. The topological polar surface area (TPSA) is 95.5 Å². The molecule has 176 valence electrons. The lowest BCUT2D eigenvalue weighted by molar-refractivity contribution is -0.274. The summed E-state index contributed by atoms with van der Waals surface area (Å²) in [6.45, 7) is 0.395. The predicted octanol–water partition coefficient (Wildman–Crippen LogP) is 4.44. The van der Waals surface area contributed by atoms with Gasteiger partial charge in [0, 0.05) is 30.4 Å². The van der Waals surface area contributed by atoms with Gasteiger partial charge in [0.05, 0.1) is 16.8 Å². The minimum absolute atomic E-state index is 0.0651. The molecule has 7 nitrogen and oxygen atoms in total. The van der Waals surface area contributed by atoms with Crippen LogP contribution in [0.15, 0.2) is 53.6 Å². The van der Waals surface area contributed by atoms with Crippen LogP contribution in [0, 0.1) is 0 Å². The lowest BCUT2D eigenvalue weighted by Gasteiger charge is -2.29. The summed E-state index contributed by atoms with van der Waals surface area (Å²) in [6, 6.07) is 9.73.